The molecule has 1 unspecified atom stereocenters. The maximum absolute atomic E-state index is 12.5. The van der Waals surface area contributed by atoms with Gasteiger partial charge in [-0.1, -0.05) is 12.1 Å². The van der Waals surface area contributed by atoms with Crippen LogP contribution in [0.2, 0.25) is 0 Å². The summed E-state index contributed by atoms with van der Waals surface area (Å²) in [6.07, 6.45) is -0.896. The molecule has 10 nitrogen and oxygen atoms in total. The van der Waals surface area contributed by atoms with Gasteiger partial charge < -0.3 is 13.9 Å². The number of hydrogen-bond donors (Lipinski definition) is 0. The lowest BCUT2D eigenvalue weighted by Gasteiger charge is -2.11. The first-order valence-corrected chi connectivity index (χ1v) is 8.37. The number of hydrogen-bond acceptors (Lipinski definition) is 9. The molecule has 0 N–H and O–H groups in total. The van der Waals surface area contributed by atoms with Crippen LogP contribution >= 0.6 is 0 Å². The lowest BCUT2D eigenvalue weighted by atomic mass is 10.1. The number of nitrogens with zero attached hydrogens (tertiary/aromatic N) is 3. The molecule has 1 aromatic heterocycles. The van der Waals surface area contributed by atoms with E-state index in [2.05, 4.69) is 14.9 Å². The van der Waals surface area contributed by atoms with Crippen molar-refractivity contribution < 1.29 is 28.4 Å². The van der Waals surface area contributed by atoms with Crippen molar-refractivity contribution in [1.82, 2.24) is 10.2 Å². The fraction of sp³-hybridized carbons (Fsp3) is 0.158. The molecule has 1 atom stereocenters. The molecule has 2 aromatic carbocycles. The van der Waals surface area contributed by atoms with E-state index in [0.717, 1.165) is 0 Å². The molecular weight excluding hydrogens is 382 g/mol. The van der Waals surface area contributed by atoms with Crippen LogP contribution in [-0.4, -0.2) is 34.2 Å². The molecule has 0 amide bonds. The van der Waals surface area contributed by atoms with Crippen molar-refractivity contribution in [2.75, 3.05) is 7.11 Å². The van der Waals surface area contributed by atoms with E-state index in [1.165, 1.54) is 50.4 Å². The van der Waals surface area contributed by atoms with Gasteiger partial charge in [0.25, 0.3) is 11.6 Å². The minimum atomic E-state index is -0.896. The van der Waals surface area contributed by atoms with Crippen molar-refractivity contribution in [2.24, 2.45) is 0 Å². The molecule has 0 saturated heterocycles. The molecule has 0 aliphatic carbocycles. The van der Waals surface area contributed by atoms with Gasteiger partial charge in [0.15, 0.2) is 6.10 Å². The van der Waals surface area contributed by atoms with Crippen LogP contribution in [0.25, 0.3) is 11.5 Å². The molecule has 29 heavy (non-hydrogen) atoms. The fourth-order valence-corrected chi connectivity index (χ4v) is 2.46. The lowest BCUT2D eigenvalue weighted by Crippen LogP contribution is -2.14. The van der Waals surface area contributed by atoms with Gasteiger partial charge in [0.1, 0.15) is 0 Å². The average Bonchev–Trinajstić information content (AvgIpc) is 3.23. The Hall–Kier alpha value is -4.08. The zero-order chi connectivity index (χ0) is 21.0. The molecule has 0 aliphatic heterocycles. The summed E-state index contributed by atoms with van der Waals surface area (Å²) >= 11 is 0. The Morgan fingerprint density at radius 1 is 1.03 bits per heavy atom. The number of carbonyl (C=O) groups is 2. The van der Waals surface area contributed by atoms with Gasteiger partial charge in [0.2, 0.25) is 5.89 Å². The highest BCUT2D eigenvalue weighted by Gasteiger charge is 2.23. The molecule has 148 valence electrons. The molecule has 1 heterocycles. The number of nitro groups is 1. The summed E-state index contributed by atoms with van der Waals surface area (Å²) in [6.45, 7) is 1.53. The molecule has 0 radical (unpaired) electrons. The van der Waals surface area contributed by atoms with Gasteiger partial charge in [0.05, 0.1) is 23.2 Å². The van der Waals surface area contributed by atoms with E-state index in [1.54, 1.807) is 12.1 Å². The zero-order valence-electron chi connectivity index (χ0n) is 15.4. The van der Waals surface area contributed by atoms with Crippen molar-refractivity contribution in [1.29, 1.82) is 0 Å². The molecule has 3 aromatic rings. The van der Waals surface area contributed by atoms with Crippen LogP contribution in [-0.2, 0) is 9.47 Å². The molecule has 10 heteroatoms. The Kier molecular flexibility index (Phi) is 5.63. The van der Waals surface area contributed by atoms with Crippen LogP contribution in [0.1, 0.15) is 39.6 Å². The maximum Gasteiger partial charge on any atom is 0.339 e. The normalized spacial score (nSPS) is 11.5. The van der Waals surface area contributed by atoms with Crippen LogP contribution in [0.15, 0.2) is 52.9 Å². The van der Waals surface area contributed by atoms with Crippen molar-refractivity contribution >= 4 is 17.6 Å². The minimum absolute atomic E-state index is 0.0299. The van der Waals surface area contributed by atoms with Gasteiger partial charge >= 0.3 is 11.9 Å². The Morgan fingerprint density at radius 3 is 2.24 bits per heavy atom. The van der Waals surface area contributed by atoms with E-state index in [4.69, 9.17) is 9.15 Å². The zero-order valence-corrected chi connectivity index (χ0v) is 15.4. The number of non-ortho nitro benzene ring substituents is 1. The highest BCUT2D eigenvalue weighted by Crippen LogP contribution is 2.25. The highest BCUT2D eigenvalue weighted by molar-refractivity contribution is 6.03. The van der Waals surface area contributed by atoms with Gasteiger partial charge in [-0.05, 0) is 31.2 Å². The summed E-state index contributed by atoms with van der Waals surface area (Å²) < 4.78 is 15.5. The summed E-state index contributed by atoms with van der Waals surface area (Å²) in [5, 5.41) is 18.4. The molecule has 3 rings (SSSR count). The number of carbonyl (C=O) groups excluding carboxylic acids is 2. The summed E-state index contributed by atoms with van der Waals surface area (Å²) in [5.74, 6) is -1.27. The van der Waals surface area contributed by atoms with Gasteiger partial charge in [-0.2, -0.15) is 0 Å². The van der Waals surface area contributed by atoms with Crippen LogP contribution in [0, 0.1) is 10.1 Å². The predicted molar refractivity (Wildman–Crippen MR) is 98.0 cm³/mol. The van der Waals surface area contributed by atoms with Crippen LogP contribution in [0.4, 0.5) is 5.69 Å². The molecule has 0 bridgehead atoms. The molecule has 0 saturated carbocycles. The number of esters is 2. The third-order valence-corrected chi connectivity index (χ3v) is 3.95. The van der Waals surface area contributed by atoms with Gasteiger partial charge in [-0.3, -0.25) is 10.1 Å². The Balaban J connectivity index is 1.75. The standard InChI is InChI=1S/C19H15N3O7/c1-11(28-19(24)15-6-4-3-5-14(15)18(23)27-2)16-20-21-17(29-16)12-7-9-13(10-8-12)22(25)26/h3-11H,1-2H3. The van der Waals surface area contributed by atoms with Crippen LogP contribution in [0.3, 0.4) is 0 Å². The summed E-state index contributed by atoms with van der Waals surface area (Å²) in [6, 6.07) is 11.6. The first-order valence-electron chi connectivity index (χ1n) is 8.37. The lowest BCUT2D eigenvalue weighted by molar-refractivity contribution is -0.384. The quantitative estimate of drug-likeness (QED) is 0.348. The van der Waals surface area contributed by atoms with Gasteiger partial charge in [-0.25, -0.2) is 9.59 Å². The Morgan fingerprint density at radius 2 is 1.66 bits per heavy atom. The molecule has 0 aliphatic rings. The number of ether oxygens (including phenoxy) is 2. The third kappa shape index (κ3) is 4.26. The summed E-state index contributed by atoms with van der Waals surface area (Å²) in [4.78, 5) is 34.5. The van der Waals surface area contributed by atoms with E-state index in [-0.39, 0.29) is 28.6 Å². The minimum Gasteiger partial charge on any atom is -0.465 e. The topological polar surface area (TPSA) is 135 Å². The van der Waals surface area contributed by atoms with E-state index < -0.39 is 23.0 Å². The Labute approximate surface area is 164 Å². The fourth-order valence-electron chi connectivity index (χ4n) is 2.46. The van der Waals surface area contributed by atoms with Crippen LogP contribution < -0.4 is 0 Å². The van der Waals surface area contributed by atoms with Gasteiger partial charge in [0, 0.05) is 17.7 Å². The maximum atomic E-state index is 12.5. The SMILES string of the molecule is COC(=O)c1ccccc1C(=O)OC(C)c1nnc(-c2ccc([N+](=O)[O-])cc2)o1. The summed E-state index contributed by atoms with van der Waals surface area (Å²) in [5.41, 5.74) is 0.523. The number of rotatable bonds is 6. The highest BCUT2D eigenvalue weighted by atomic mass is 16.6. The number of nitro benzene ring substituents is 1. The first kappa shape index (κ1) is 19.7. The van der Waals surface area contributed by atoms with E-state index in [0.29, 0.717) is 5.56 Å². The largest absolute Gasteiger partial charge is 0.465 e. The second-order valence-corrected chi connectivity index (χ2v) is 5.83. The predicted octanol–water partition coefficient (Wildman–Crippen LogP) is 3.35. The third-order valence-electron chi connectivity index (χ3n) is 3.95. The number of methoxy groups -OCH3 is 1. The van der Waals surface area contributed by atoms with Crippen molar-refractivity contribution in [3.8, 4) is 11.5 Å². The van der Waals surface area contributed by atoms with E-state index in [1.807, 2.05) is 0 Å². The van der Waals surface area contributed by atoms with Crippen molar-refractivity contribution in [2.45, 2.75) is 13.0 Å². The number of benzene rings is 2. The van der Waals surface area contributed by atoms with E-state index in [9.17, 15) is 19.7 Å². The second kappa shape index (κ2) is 8.30. The molecule has 0 spiro atoms. The van der Waals surface area contributed by atoms with Gasteiger partial charge in [-0.15, -0.1) is 10.2 Å². The first-order chi connectivity index (χ1) is 13.9. The van der Waals surface area contributed by atoms with Crippen molar-refractivity contribution in [3.63, 3.8) is 0 Å². The van der Waals surface area contributed by atoms with Crippen LogP contribution in [0.5, 0.6) is 0 Å². The monoisotopic (exact) mass is 397 g/mol. The Bertz CT molecular complexity index is 1060. The second-order valence-electron chi connectivity index (χ2n) is 5.83. The molecular formula is C19H15N3O7. The average molecular weight is 397 g/mol. The van der Waals surface area contributed by atoms with Crippen molar-refractivity contribution in [3.05, 3.63) is 75.7 Å². The molecule has 0 fully saturated rings. The van der Waals surface area contributed by atoms with E-state index >= 15 is 0 Å². The number of aromatic nitrogens is 2. The summed E-state index contributed by atoms with van der Waals surface area (Å²) in [7, 11) is 1.21. The smallest absolute Gasteiger partial charge is 0.339 e.